The highest BCUT2D eigenvalue weighted by Crippen LogP contribution is 2.23. The van der Waals surface area contributed by atoms with Crippen LogP contribution in [-0.4, -0.2) is 69.2 Å². The molecular weight excluding hydrogens is 348 g/mol. The van der Waals surface area contributed by atoms with Crippen molar-refractivity contribution in [1.82, 2.24) is 29.3 Å². The number of ether oxygens (including phenoxy) is 1. The summed E-state index contributed by atoms with van der Waals surface area (Å²) in [6.45, 7) is 4.48. The van der Waals surface area contributed by atoms with E-state index in [0.717, 1.165) is 49.0 Å². The Balaban J connectivity index is 1.52. The summed E-state index contributed by atoms with van der Waals surface area (Å²) in [6, 6.07) is 3.33. The van der Waals surface area contributed by atoms with E-state index in [0.29, 0.717) is 13.2 Å². The minimum absolute atomic E-state index is 0.107. The van der Waals surface area contributed by atoms with Crippen molar-refractivity contribution in [3.05, 3.63) is 35.1 Å². The maximum absolute atomic E-state index is 11.5. The molecule has 0 radical (unpaired) electrons. The Morgan fingerprint density at radius 3 is 2.59 bits per heavy atom. The van der Waals surface area contributed by atoms with Crippen LogP contribution in [0.15, 0.2) is 29.6 Å². The number of fused-ring (bicyclic) bond motifs is 1. The fraction of sp³-hybridized carbons (Fsp3) is 0.471. The van der Waals surface area contributed by atoms with Gasteiger partial charge in [0.2, 0.25) is 0 Å². The average molecular weight is 370 g/mol. The van der Waals surface area contributed by atoms with Crippen LogP contribution in [0.2, 0.25) is 0 Å². The Morgan fingerprint density at radius 1 is 1.07 bits per heavy atom. The minimum atomic E-state index is -0.107. The highest BCUT2D eigenvalue weighted by molar-refractivity contribution is 5.83. The Labute approximate surface area is 156 Å². The number of aryl methyl sites for hydroxylation is 1. The quantitative estimate of drug-likeness (QED) is 0.614. The SMILES string of the molecule is COCCn1cnc2c(N3CCN(c4ccc(=O)n(C)n4)CC3)ncnc21. The average Bonchev–Trinajstić information content (AvgIpc) is 3.12. The molecule has 10 nitrogen and oxygen atoms in total. The maximum atomic E-state index is 11.5. The van der Waals surface area contributed by atoms with Crippen molar-refractivity contribution >= 4 is 22.8 Å². The standard InChI is InChI=1S/C17H22N8O2/c1-22-14(26)4-3-13(21-22)23-5-7-24(8-6-23)16-15-17(19-11-18-16)25(12-20-15)9-10-27-2/h3-4,11-12H,5-10H2,1-2H3. The largest absolute Gasteiger partial charge is 0.383 e. The first-order valence-electron chi connectivity index (χ1n) is 8.86. The molecule has 142 valence electrons. The first-order chi connectivity index (χ1) is 13.2. The topological polar surface area (TPSA) is 94.2 Å². The van der Waals surface area contributed by atoms with E-state index < -0.39 is 0 Å². The molecule has 0 N–H and O–H groups in total. The molecule has 10 heteroatoms. The van der Waals surface area contributed by atoms with E-state index >= 15 is 0 Å². The van der Waals surface area contributed by atoms with Crippen molar-refractivity contribution in [2.75, 3.05) is 49.7 Å². The Morgan fingerprint density at radius 2 is 1.85 bits per heavy atom. The van der Waals surface area contributed by atoms with Crippen molar-refractivity contribution in [1.29, 1.82) is 0 Å². The van der Waals surface area contributed by atoms with Gasteiger partial charge in [-0.2, -0.15) is 5.10 Å². The molecule has 0 saturated carbocycles. The van der Waals surface area contributed by atoms with Crippen molar-refractivity contribution < 1.29 is 4.74 Å². The van der Waals surface area contributed by atoms with Crippen LogP contribution >= 0.6 is 0 Å². The molecule has 0 spiro atoms. The summed E-state index contributed by atoms with van der Waals surface area (Å²) in [6.07, 6.45) is 3.37. The van der Waals surface area contributed by atoms with Crippen molar-refractivity contribution in [2.45, 2.75) is 6.54 Å². The lowest BCUT2D eigenvalue weighted by Crippen LogP contribution is -2.47. The predicted octanol–water partition coefficient (Wildman–Crippen LogP) is -0.107. The molecule has 4 rings (SSSR count). The normalized spacial score (nSPS) is 14.9. The lowest BCUT2D eigenvalue weighted by molar-refractivity contribution is 0.188. The van der Waals surface area contributed by atoms with Gasteiger partial charge >= 0.3 is 0 Å². The Kier molecular flexibility index (Phi) is 4.71. The fourth-order valence-corrected chi connectivity index (χ4v) is 3.26. The monoisotopic (exact) mass is 370 g/mol. The number of methoxy groups -OCH3 is 1. The maximum Gasteiger partial charge on any atom is 0.266 e. The number of rotatable bonds is 5. The third kappa shape index (κ3) is 3.35. The number of piperazine rings is 1. The lowest BCUT2D eigenvalue weighted by atomic mass is 10.3. The fourth-order valence-electron chi connectivity index (χ4n) is 3.26. The summed E-state index contributed by atoms with van der Waals surface area (Å²) in [5, 5.41) is 4.33. The number of anilines is 2. The molecule has 1 aliphatic heterocycles. The van der Waals surface area contributed by atoms with Crippen LogP contribution < -0.4 is 15.4 Å². The van der Waals surface area contributed by atoms with Gasteiger partial charge in [0.15, 0.2) is 17.0 Å². The molecule has 1 fully saturated rings. The van der Waals surface area contributed by atoms with Gasteiger partial charge in [0.1, 0.15) is 12.1 Å². The van der Waals surface area contributed by atoms with Crippen molar-refractivity contribution in [3.8, 4) is 0 Å². The molecule has 4 heterocycles. The summed E-state index contributed by atoms with van der Waals surface area (Å²) < 4.78 is 8.49. The molecule has 0 aliphatic carbocycles. The first-order valence-corrected chi connectivity index (χ1v) is 8.86. The van der Waals surface area contributed by atoms with Crippen LogP contribution in [0.25, 0.3) is 11.2 Å². The second kappa shape index (κ2) is 7.31. The first kappa shape index (κ1) is 17.4. The van der Waals surface area contributed by atoms with Crippen LogP contribution in [0.3, 0.4) is 0 Å². The second-order valence-electron chi connectivity index (χ2n) is 6.43. The highest BCUT2D eigenvalue weighted by atomic mass is 16.5. The van der Waals surface area contributed by atoms with Gasteiger partial charge in [-0.3, -0.25) is 4.79 Å². The number of hydrogen-bond donors (Lipinski definition) is 0. The van der Waals surface area contributed by atoms with Crippen LogP contribution in [0.1, 0.15) is 0 Å². The zero-order chi connectivity index (χ0) is 18.8. The highest BCUT2D eigenvalue weighted by Gasteiger charge is 2.22. The van der Waals surface area contributed by atoms with Crippen LogP contribution in [-0.2, 0) is 18.3 Å². The van der Waals surface area contributed by atoms with Crippen LogP contribution in [0.4, 0.5) is 11.6 Å². The Hall–Kier alpha value is -3.01. The van der Waals surface area contributed by atoms with Crippen molar-refractivity contribution in [3.63, 3.8) is 0 Å². The summed E-state index contributed by atoms with van der Waals surface area (Å²) in [5.41, 5.74) is 1.52. The third-order valence-corrected chi connectivity index (χ3v) is 4.77. The predicted molar refractivity (Wildman–Crippen MR) is 101 cm³/mol. The van der Waals surface area contributed by atoms with Gasteiger partial charge < -0.3 is 19.1 Å². The molecule has 0 unspecified atom stereocenters. The van der Waals surface area contributed by atoms with Gasteiger partial charge in [0.05, 0.1) is 12.9 Å². The van der Waals surface area contributed by atoms with E-state index in [2.05, 4.69) is 29.9 Å². The number of hydrogen-bond acceptors (Lipinski definition) is 8. The molecule has 3 aromatic heterocycles. The summed E-state index contributed by atoms with van der Waals surface area (Å²) in [4.78, 5) is 29.3. The second-order valence-corrected chi connectivity index (χ2v) is 6.43. The molecule has 0 atom stereocenters. The smallest absolute Gasteiger partial charge is 0.266 e. The molecule has 1 aliphatic rings. The van der Waals surface area contributed by atoms with Crippen LogP contribution in [0, 0.1) is 0 Å². The molecule has 1 saturated heterocycles. The van der Waals surface area contributed by atoms with E-state index in [1.807, 2.05) is 4.57 Å². The number of imidazole rings is 1. The van der Waals surface area contributed by atoms with Gasteiger partial charge in [0.25, 0.3) is 5.56 Å². The van der Waals surface area contributed by atoms with E-state index in [4.69, 9.17) is 4.74 Å². The molecule has 0 amide bonds. The summed E-state index contributed by atoms with van der Waals surface area (Å²) in [7, 11) is 3.35. The van der Waals surface area contributed by atoms with Gasteiger partial charge in [-0.15, -0.1) is 0 Å². The zero-order valence-electron chi connectivity index (χ0n) is 15.4. The van der Waals surface area contributed by atoms with Crippen molar-refractivity contribution in [2.24, 2.45) is 7.05 Å². The number of aromatic nitrogens is 6. The summed E-state index contributed by atoms with van der Waals surface area (Å²) >= 11 is 0. The third-order valence-electron chi connectivity index (χ3n) is 4.77. The van der Waals surface area contributed by atoms with Gasteiger partial charge in [-0.1, -0.05) is 0 Å². The number of nitrogens with zero attached hydrogens (tertiary/aromatic N) is 8. The molecule has 3 aromatic rings. The van der Waals surface area contributed by atoms with E-state index in [-0.39, 0.29) is 5.56 Å². The molecule has 0 bridgehead atoms. The molecular formula is C17H22N8O2. The van der Waals surface area contributed by atoms with Gasteiger partial charge in [-0.05, 0) is 6.07 Å². The van der Waals surface area contributed by atoms with E-state index in [9.17, 15) is 4.79 Å². The molecule has 27 heavy (non-hydrogen) atoms. The van der Waals surface area contributed by atoms with Gasteiger partial charge in [0, 0.05) is 52.9 Å². The summed E-state index contributed by atoms with van der Waals surface area (Å²) in [5.74, 6) is 1.66. The van der Waals surface area contributed by atoms with E-state index in [1.165, 1.54) is 4.68 Å². The Bertz CT molecular complexity index is 990. The van der Waals surface area contributed by atoms with Gasteiger partial charge in [-0.25, -0.2) is 19.6 Å². The minimum Gasteiger partial charge on any atom is -0.383 e. The lowest BCUT2D eigenvalue weighted by Gasteiger charge is -2.35. The molecule has 0 aromatic carbocycles. The van der Waals surface area contributed by atoms with Crippen LogP contribution in [0.5, 0.6) is 0 Å². The van der Waals surface area contributed by atoms with E-state index in [1.54, 1.807) is 38.9 Å². The zero-order valence-corrected chi connectivity index (χ0v) is 15.4.